The molecule has 21 heavy (non-hydrogen) atoms. The number of hydrogen-bond donors (Lipinski definition) is 2. The number of methoxy groups -OCH3 is 1. The monoisotopic (exact) mass is 299 g/mol. The Balaban J connectivity index is 2.95. The summed E-state index contributed by atoms with van der Waals surface area (Å²) in [7, 11) is 1.50. The lowest BCUT2D eigenvalue weighted by atomic mass is 10.1. The van der Waals surface area contributed by atoms with Crippen LogP contribution in [0, 0.1) is 11.8 Å². The molecule has 1 aromatic rings. The van der Waals surface area contributed by atoms with Gasteiger partial charge in [0.1, 0.15) is 12.4 Å². The minimum Gasteiger partial charge on any atom is -0.496 e. The fourth-order valence-electron chi connectivity index (χ4n) is 1.93. The van der Waals surface area contributed by atoms with E-state index in [-0.39, 0.29) is 26.3 Å². The second kappa shape index (κ2) is 9.29. The van der Waals surface area contributed by atoms with Crippen molar-refractivity contribution in [2.75, 3.05) is 33.4 Å². The van der Waals surface area contributed by atoms with Crippen LogP contribution in [0.1, 0.15) is 11.1 Å². The third kappa shape index (κ3) is 6.08. The first-order chi connectivity index (χ1) is 10.1. The molecule has 6 heteroatoms. The Bertz CT molecular complexity index is 497. The lowest BCUT2D eigenvalue weighted by Crippen LogP contribution is -2.31. The third-order valence-corrected chi connectivity index (χ3v) is 2.80. The summed E-state index contributed by atoms with van der Waals surface area (Å²) in [6, 6.07) is 5.17. The van der Waals surface area contributed by atoms with Crippen LogP contribution < -0.4 is 4.74 Å². The molecule has 2 N–H and O–H groups in total. The summed E-state index contributed by atoms with van der Waals surface area (Å²) in [5.74, 6) is 5.86. The molecule has 0 aliphatic heterocycles. The molecule has 0 spiro atoms. The Hall–Kier alpha value is -1.68. The Morgan fingerprint density at radius 2 is 2.10 bits per heavy atom. The van der Waals surface area contributed by atoms with Gasteiger partial charge >= 0.3 is 0 Å². The Kier molecular flexibility index (Phi) is 7.69. The average molecular weight is 299 g/mol. The van der Waals surface area contributed by atoms with Gasteiger partial charge in [-0.25, -0.2) is 8.78 Å². The van der Waals surface area contributed by atoms with Gasteiger partial charge in [0, 0.05) is 24.2 Å². The summed E-state index contributed by atoms with van der Waals surface area (Å²) in [4.78, 5) is 1.45. The van der Waals surface area contributed by atoms with Crippen LogP contribution in [0.5, 0.6) is 5.75 Å². The number of alkyl halides is 2. The second-order valence-corrected chi connectivity index (χ2v) is 4.34. The van der Waals surface area contributed by atoms with Crippen molar-refractivity contribution < 1.29 is 23.7 Å². The molecule has 0 bridgehead atoms. The minimum atomic E-state index is -2.47. The maximum Gasteiger partial charge on any atom is 0.251 e. The first-order valence-corrected chi connectivity index (χ1v) is 6.48. The van der Waals surface area contributed by atoms with Gasteiger partial charge in [0.05, 0.1) is 20.3 Å². The van der Waals surface area contributed by atoms with Crippen molar-refractivity contribution in [3.63, 3.8) is 0 Å². The summed E-state index contributed by atoms with van der Waals surface area (Å²) in [6.45, 7) is -0.485. The van der Waals surface area contributed by atoms with Gasteiger partial charge in [-0.3, -0.25) is 4.90 Å². The third-order valence-electron chi connectivity index (χ3n) is 2.80. The average Bonchev–Trinajstić information content (AvgIpc) is 2.45. The van der Waals surface area contributed by atoms with E-state index in [1.165, 1.54) is 12.0 Å². The molecular formula is C15H19F2NO3. The van der Waals surface area contributed by atoms with E-state index in [1.807, 2.05) is 0 Å². The number of rotatable bonds is 7. The van der Waals surface area contributed by atoms with Crippen LogP contribution >= 0.6 is 0 Å². The normalized spacial score (nSPS) is 10.6. The molecule has 0 aliphatic rings. The maximum atomic E-state index is 12.5. The molecule has 116 valence electrons. The summed E-state index contributed by atoms with van der Waals surface area (Å²) < 4.78 is 30.3. The predicted molar refractivity (Wildman–Crippen MR) is 75.3 cm³/mol. The quantitative estimate of drug-likeness (QED) is 0.740. The topological polar surface area (TPSA) is 52.9 Å². The molecule has 0 unspecified atom stereocenters. The fourth-order valence-corrected chi connectivity index (χ4v) is 1.93. The van der Waals surface area contributed by atoms with E-state index in [0.29, 0.717) is 16.9 Å². The van der Waals surface area contributed by atoms with Crippen LogP contribution in [-0.2, 0) is 6.54 Å². The minimum absolute atomic E-state index is 0.153. The van der Waals surface area contributed by atoms with E-state index in [4.69, 9.17) is 14.9 Å². The highest BCUT2D eigenvalue weighted by Gasteiger charge is 2.14. The second-order valence-electron chi connectivity index (χ2n) is 4.34. The van der Waals surface area contributed by atoms with Crippen molar-refractivity contribution in [3.05, 3.63) is 29.3 Å². The van der Waals surface area contributed by atoms with E-state index in [1.54, 1.807) is 18.2 Å². The van der Waals surface area contributed by atoms with Gasteiger partial charge < -0.3 is 14.9 Å². The van der Waals surface area contributed by atoms with E-state index >= 15 is 0 Å². The zero-order chi connectivity index (χ0) is 15.7. The number of hydrogen-bond acceptors (Lipinski definition) is 4. The molecule has 0 fully saturated rings. The van der Waals surface area contributed by atoms with Gasteiger partial charge in [-0.15, -0.1) is 0 Å². The first kappa shape index (κ1) is 17.4. The van der Waals surface area contributed by atoms with Crippen LogP contribution in [0.15, 0.2) is 18.2 Å². The van der Waals surface area contributed by atoms with Crippen molar-refractivity contribution in [1.82, 2.24) is 4.90 Å². The predicted octanol–water partition coefficient (Wildman–Crippen LogP) is 1.10. The lowest BCUT2D eigenvalue weighted by molar-refractivity contribution is 0.0742. The van der Waals surface area contributed by atoms with Crippen molar-refractivity contribution >= 4 is 0 Å². The molecular weight excluding hydrogens is 280 g/mol. The van der Waals surface area contributed by atoms with Crippen molar-refractivity contribution in [2.24, 2.45) is 0 Å². The molecule has 0 saturated carbocycles. The maximum absolute atomic E-state index is 12.5. The van der Waals surface area contributed by atoms with E-state index < -0.39 is 13.0 Å². The highest BCUT2D eigenvalue weighted by Crippen LogP contribution is 2.21. The number of halogens is 2. The summed E-state index contributed by atoms with van der Waals surface area (Å²) >= 11 is 0. The van der Waals surface area contributed by atoms with Crippen molar-refractivity contribution in [2.45, 2.75) is 13.0 Å². The molecule has 1 rings (SSSR count). The van der Waals surface area contributed by atoms with Gasteiger partial charge in [0.2, 0.25) is 0 Å². The smallest absolute Gasteiger partial charge is 0.251 e. The largest absolute Gasteiger partial charge is 0.496 e. The Labute approximate surface area is 123 Å². The van der Waals surface area contributed by atoms with Crippen LogP contribution in [0.3, 0.4) is 0 Å². The summed E-state index contributed by atoms with van der Waals surface area (Å²) in [5, 5.41) is 17.7. The van der Waals surface area contributed by atoms with Crippen molar-refractivity contribution in [3.8, 4) is 17.6 Å². The van der Waals surface area contributed by atoms with E-state index in [9.17, 15) is 8.78 Å². The fraction of sp³-hybridized carbons (Fsp3) is 0.467. The van der Waals surface area contributed by atoms with Gasteiger partial charge in [-0.05, 0) is 18.2 Å². The van der Waals surface area contributed by atoms with Crippen LogP contribution in [-0.4, -0.2) is 55.0 Å². The number of nitrogens with zero attached hydrogens (tertiary/aromatic N) is 1. The van der Waals surface area contributed by atoms with Gasteiger partial charge in [0.15, 0.2) is 0 Å². The molecule has 0 atom stereocenters. The number of benzene rings is 1. The first-order valence-electron chi connectivity index (χ1n) is 6.48. The molecule has 0 aromatic heterocycles. The molecule has 0 amide bonds. The Morgan fingerprint density at radius 1 is 1.33 bits per heavy atom. The standard InChI is InChI=1S/C15H19F2NO3/c1-21-14-5-4-12(3-2-7-19)9-13(14)10-18(6-8-20)11-15(16)17/h4-5,9,15,19-20H,6-8,10-11H2,1H3. The number of ether oxygens (including phenoxy) is 1. The highest BCUT2D eigenvalue weighted by atomic mass is 19.3. The van der Waals surface area contributed by atoms with Crippen molar-refractivity contribution in [1.29, 1.82) is 0 Å². The SMILES string of the molecule is COc1ccc(C#CCO)cc1CN(CCO)CC(F)F. The van der Waals surface area contributed by atoms with Gasteiger partial charge in [-0.2, -0.15) is 0 Å². The number of aliphatic hydroxyl groups is 2. The molecule has 4 nitrogen and oxygen atoms in total. The summed E-state index contributed by atoms with van der Waals surface area (Å²) in [5.41, 5.74) is 1.37. The molecule has 1 aromatic carbocycles. The molecule has 0 aliphatic carbocycles. The van der Waals surface area contributed by atoms with Crippen LogP contribution in [0.25, 0.3) is 0 Å². The zero-order valence-corrected chi connectivity index (χ0v) is 11.9. The summed E-state index contributed by atoms with van der Waals surface area (Å²) in [6.07, 6.45) is -2.47. The van der Waals surface area contributed by atoms with Gasteiger partial charge in [0.25, 0.3) is 6.43 Å². The molecule has 0 saturated heterocycles. The Morgan fingerprint density at radius 3 is 2.67 bits per heavy atom. The molecule has 0 heterocycles. The van der Waals surface area contributed by atoms with Crippen LogP contribution in [0.4, 0.5) is 8.78 Å². The number of aliphatic hydroxyl groups excluding tert-OH is 2. The lowest BCUT2D eigenvalue weighted by Gasteiger charge is -2.22. The van der Waals surface area contributed by atoms with Crippen LogP contribution in [0.2, 0.25) is 0 Å². The van der Waals surface area contributed by atoms with E-state index in [0.717, 1.165) is 0 Å². The zero-order valence-electron chi connectivity index (χ0n) is 11.9. The molecule has 0 radical (unpaired) electrons. The van der Waals surface area contributed by atoms with E-state index in [2.05, 4.69) is 11.8 Å². The van der Waals surface area contributed by atoms with Gasteiger partial charge in [-0.1, -0.05) is 11.8 Å². The highest BCUT2D eigenvalue weighted by molar-refractivity contribution is 5.44.